The van der Waals surface area contributed by atoms with Crippen LogP contribution in [0.3, 0.4) is 0 Å². The van der Waals surface area contributed by atoms with Gasteiger partial charge in [0, 0.05) is 0 Å². The summed E-state index contributed by atoms with van der Waals surface area (Å²) in [5.41, 5.74) is -0.328. The standard InChI is InChI=1S/C9H10FN3O4S2/c1-6(5-11)19(16,17)13-8-2-7(10)3-9(4-8)18(12,14)15/h2-4,6,13H,1H3,(H2,12,14,15). The Morgan fingerprint density at radius 3 is 2.37 bits per heavy atom. The zero-order valence-corrected chi connectivity index (χ0v) is 11.3. The number of anilines is 1. The summed E-state index contributed by atoms with van der Waals surface area (Å²) >= 11 is 0. The molecule has 0 spiro atoms. The third kappa shape index (κ3) is 3.88. The van der Waals surface area contributed by atoms with E-state index >= 15 is 0 Å². The van der Waals surface area contributed by atoms with Crippen molar-refractivity contribution in [2.24, 2.45) is 5.14 Å². The van der Waals surface area contributed by atoms with E-state index in [0.717, 1.165) is 19.1 Å². The molecular formula is C9H10FN3O4S2. The fourth-order valence-corrected chi connectivity index (χ4v) is 2.44. The Labute approximate surface area is 109 Å². The Bertz CT molecular complexity index is 737. The number of rotatable bonds is 4. The number of benzene rings is 1. The number of hydrogen-bond acceptors (Lipinski definition) is 5. The minimum Gasteiger partial charge on any atom is -0.282 e. The van der Waals surface area contributed by atoms with E-state index in [4.69, 9.17) is 10.4 Å². The molecule has 0 saturated heterocycles. The van der Waals surface area contributed by atoms with Gasteiger partial charge < -0.3 is 0 Å². The van der Waals surface area contributed by atoms with Crippen LogP contribution in [0.1, 0.15) is 6.92 Å². The van der Waals surface area contributed by atoms with E-state index in [-0.39, 0.29) is 5.69 Å². The minimum atomic E-state index is -4.17. The molecule has 10 heteroatoms. The van der Waals surface area contributed by atoms with E-state index in [9.17, 15) is 21.2 Å². The predicted octanol–water partition coefficient (Wildman–Crippen LogP) is 0.127. The highest BCUT2D eigenvalue weighted by Gasteiger charge is 2.21. The Morgan fingerprint density at radius 1 is 1.32 bits per heavy atom. The first-order valence-corrected chi connectivity index (χ1v) is 7.90. The number of nitrogens with zero attached hydrogens (tertiary/aromatic N) is 1. The van der Waals surface area contributed by atoms with Crippen LogP contribution in [0.25, 0.3) is 0 Å². The highest BCUT2D eigenvalue weighted by Crippen LogP contribution is 2.19. The smallest absolute Gasteiger partial charge is 0.248 e. The van der Waals surface area contributed by atoms with Gasteiger partial charge in [0.1, 0.15) is 5.82 Å². The summed E-state index contributed by atoms with van der Waals surface area (Å²) in [6.45, 7) is 1.13. The first kappa shape index (κ1) is 15.4. The third-order valence-electron chi connectivity index (χ3n) is 2.11. The van der Waals surface area contributed by atoms with Crippen molar-refractivity contribution in [2.75, 3.05) is 4.72 Å². The topological polar surface area (TPSA) is 130 Å². The van der Waals surface area contributed by atoms with Gasteiger partial charge in [0.25, 0.3) is 0 Å². The average molecular weight is 307 g/mol. The summed E-state index contributed by atoms with van der Waals surface area (Å²) in [7, 11) is -8.22. The van der Waals surface area contributed by atoms with Crippen LogP contribution in [0.2, 0.25) is 0 Å². The summed E-state index contributed by atoms with van der Waals surface area (Å²) in [5, 5.41) is 12.0. The van der Waals surface area contributed by atoms with Crippen molar-refractivity contribution in [1.29, 1.82) is 5.26 Å². The van der Waals surface area contributed by atoms with Crippen LogP contribution in [0.5, 0.6) is 0 Å². The van der Waals surface area contributed by atoms with Crippen LogP contribution in [0.15, 0.2) is 23.1 Å². The molecule has 0 aliphatic carbocycles. The quantitative estimate of drug-likeness (QED) is 0.816. The molecule has 1 aromatic carbocycles. The maximum absolute atomic E-state index is 13.2. The van der Waals surface area contributed by atoms with Crippen molar-refractivity contribution in [2.45, 2.75) is 17.1 Å². The average Bonchev–Trinajstić information content (AvgIpc) is 2.25. The van der Waals surface area contributed by atoms with E-state index in [0.29, 0.717) is 6.07 Å². The maximum atomic E-state index is 13.2. The minimum absolute atomic E-state index is 0.328. The Hall–Kier alpha value is -1.70. The van der Waals surface area contributed by atoms with Gasteiger partial charge in [-0.05, 0) is 25.1 Å². The van der Waals surface area contributed by atoms with E-state index in [1.54, 1.807) is 0 Å². The van der Waals surface area contributed by atoms with Crippen molar-refractivity contribution in [1.82, 2.24) is 0 Å². The number of halogens is 1. The van der Waals surface area contributed by atoms with Crippen molar-refractivity contribution >= 4 is 25.7 Å². The largest absolute Gasteiger partial charge is 0.282 e. The molecule has 1 aromatic rings. The van der Waals surface area contributed by atoms with Gasteiger partial charge >= 0.3 is 0 Å². The summed E-state index contributed by atoms with van der Waals surface area (Å²) in [5.74, 6) is -0.978. The molecule has 104 valence electrons. The monoisotopic (exact) mass is 307 g/mol. The second kappa shape index (κ2) is 5.12. The number of nitrogens with one attached hydrogen (secondary N) is 1. The fraction of sp³-hybridized carbons (Fsp3) is 0.222. The highest BCUT2D eigenvalue weighted by molar-refractivity contribution is 7.93. The molecule has 1 rings (SSSR count). The molecule has 0 aliphatic rings. The zero-order chi connectivity index (χ0) is 14.8. The van der Waals surface area contributed by atoms with Gasteiger partial charge in [-0.25, -0.2) is 26.4 Å². The molecule has 0 bridgehead atoms. The molecule has 0 aliphatic heterocycles. The first-order valence-electron chi connectivity index (χ1n) is 4.81. The van der Waals surface area contributed by atoms with Crippen molar-refractivity contribution in [3.8, 4) is 6.07 Å². The van der Waals surface area contributed by atoms with E-state index < -0.39 is 36.0 Å². The fourth-order valence-electron chi connectivity index (χ4n) is 1.11. The van der Waals surface area contributed by atoms with Crippen molar-refractivity contribution < 1.29 is 21.2 Å². The van der Waals surface area contributed by atoms with Crippen LogP contribution in [0, 0.1) is 17.1 Å². The second-order valence-corrected chi connectivity index (χ2v) is 7.20. The third-order valence-corrected chi connectivity index (χ3v) is 4.56. The van der Waals surface area contributed by atoms with Crippen LogP contribution in [-0.2, 0) is 20.0 Å². The lowest BCUT2D eigenvalue weighted by molar-refractivity contribution is 0.591. The molecule has 0 aromatic heterocycles. The van der Waals surface area contributed by atoms with Crippen molar-refractivity contribution in [3.05, 3.63) is 24.0 Å². The lowest BCUT2D eigenvalue weighted by atomic mass is 10.3. The maximum Gasteiger partial charge on any atom is 0.248 e. The van der Waals surface area contributed by atoms with Gasteiger partial charge in [-0.3, -0.25) is 4.72 Å². The molecule has 0 radical (unpaired) electrons. The lowest BCUT2D eigenvalue weighted by Crippen LogP contribution is -2.24. The SMILES string of the molecule is CC(C#N)S(=O)(=O)Nc1cc(F)cc(S(N)(=O)=O)c1. The molecule has 3 N–H and O–H groups in total. The van der Waals surface area contributed by atoms with Gasteiger partial charge in [0.2, 0.25) is 20.0 Å². The van der Waals surface area contributed by atoms with Crippen LogP contribution >= 0.6 is 0 Å². The molecule has 7 nitrogen and oxygen atoms in total. The van der Waals surface area contributed by atoms with Crippen LogP contribution in [0.4, 0.5) is 10.1 Å². The van der Waals surface area contributed by atoms with E-state index in [1.807, 2.05) is 4.72 Å². The molecule has 1 unspecified atom stereocenters. The normalized spacial score (nSPS) is 13.6. The zero-order valence-electron chi connectivity index (χ0n) is 9.66. The predicted molar refractivity (Wildman–Crippen MR) is 65.4 cm³/mol. The second-order valence-electron chi connectivity index (χ2n) is 3.64. The molecule has 0 fully saturated rings. The Kier molecular flexibility index (Phi) is 4.14. The molecular weight excluding hydrogens is 297 g/mol. The Morgan fingerprint density at radius 2 is 1.89 bits per heavy atom. The first-order chi connectivity index (χ1) is 8.56. The molecule has 1 atom stereocenters. The summed E-state index contributed by atoms with van der Waals surface area (Å²) in [6.07, 6.45) is 0. The number of sulfonamides is 2. The van der Waals surface area contributed by atoms with Gasteiger partial charge in [-0.1, -0.05) is 0 Å². The molecule has 19 heavy (non-hydrogen) atoms. The lowest BCUT2D eigenvalue weighted by Gasteiger charge is -2.10. The summed E-state index contributed by atoms with van der Waals surface area (Å²) in [6, 6.07) is 3.79. The van der Waals surface area contributed by atoms with Gasteiger partial charge in [-0.2, -0.15) is 5.26 Å². The van der Waals surface area contributed by atoms with Gasteiger partial charge in [0.05, 0.1) is 16.7 Å². The van der Waals surface area contributed by atoms with E-state index in [1.165, 1.54) is 6.07 Å². The van der Waals surface area contributed by atoms with Crippen molar-refractivity contribution in [3.63, 3.8) is 0 Å². The number of nitriles is 1. The van der Waals surface area contributed by atoms with Gasteiger partial charge in [0.15, 0.2) is 5.25 Å². The summed E-state index contributed by atoms with van der Waals surface area (Å²) < 4.78 is 60.4. The number of primary sulfonamides is 1. The molecule has 0 saturated carbocycles. The number of nitrogens with two attached hydrogens (primary N) is 1. The summed E-state index contributed by atoms with van der Waals surface area (Å²) in [4.78, 5) is -0.574. The Balaban J connectivity index is 3.25. The highest BCUT2D eigenvalue weighted by atomic mass is 32.2. The van der Waals surface area contributed by atoms with Gasteiger partial charge in [-0.15, -0.1) is 0 Å². The van der Waals surface area contributed by atoms with Crippen LogP contribution in [-0.4, -0.2) is 22.1 Å². The van der Waals surface area contributed by atoms with E-state index in [2.05, 4.69) is 0 Å². The molecule has 0 heterocycles. The van der Waals surface area contributed by atoms with Crippen LogP contribution < -0.4 is 9.86 Å². The number of hydrogen-bond donors (Lipinski definition) is 2. The molecule has 0 amide bonds.